The summed E-state index contributed by atoms with van der Waals surface area (Å²) in [7, 11) is 0. The van der Waals surface area contributed by atoms with Gasteiger partial charge in [0.25, 0.3) is 11.8 Å². The molecule has 1 fully saturated rings. The highest BCUT2D eigenvalue weighted by Gasteiger charge is 2.34. The molecule has 0 aliphatic carbocycles. The fourth-order valence-electron chi connectivity index (χ4n) is 4.00. The molecule has 1 saturated heterocycles. The monoisotopic (exact) mass is 430 g/mol. The molecule has 0 aromatic heterocycles. The second kappa shape index (κ2) is 10.6. The maximum atomic E-state index is 13.1. The minimum atomic E-state index is -0.108. The van der Waals surface area contributed by atoms with Crippen molar-refractivity contribution in [3.63, 3.8) is 0 Å². The number of benzene rings is 2. The molecule has 1 heterocycles. The van der Waals surface area contributed by atoms with Gasteiger partial charge >= 0.3 is 0 Å². The zero-order chi connectivity index (χ0) is 21.5. The summed E-state index contributed by atoms with van der Waals surface area (Å²) < 4.78 is 0. The Morgan fingerprint density at radius 3 is 2.30 bits per heavy atom. The Hall–Kier alpha value is -2.41. The molecule has 3 N–H and O–H groups in total. The van der Waals surface area contributed by atoms with Crippen LogP contribution in [0.4, 0.5) is 11.4 Å². The molecule has 160 valence electrons. The van der Waals surface area contributed by atoms with Gasteiger partial charge in [0.05, 0.1) is 10.7 Å². The molecule has 1 aliphatic heterocycles. The second-order valence-electron chi connectivity index (χ2n) is 7.75. The van der Waals surface area contributed by atoms with Gasteiger partial charge in [-0.15, -0.1) is 0 Å². The SMILES string of the molecule is CCN(C(=O)[C@H](C)[NH+]1CC[NH+](CC(=O)Nc2ccccc2Cl)CC1)c1ccccc1. The fourth-order valence-corrected chi connectivity index (χ4v) is 4.18. The quantitative estimate of drug-likeness (QED) is 0.599. The first-order valence-electron chi connectivity index (χ1n) is 10.6. The van der Waals surface area contributed by atoms with Gasteiger partial charge in [0.2, 0.25) is 0 Å². The van der Waals surface area contributed by atoms with Crippen LogP contribution in [-0.2, 0) is 9.59 Å². The Bertz CT molecular complexity index is 853. The zero-order valence-electron chi connectivity index (χ0n) is 17.7. The smallest absolute Gasteiger partial charge is 0.284 e. The Kier molecular flexibility index (Phi) is 7.85. The van der Waals surface area contributed by atoms with Gasteiger partial charge in [0.15, 0.2) is 12.6 Å². The largest absolute Gasteiger partial charge is 0.320 e. The topological polar surface area (TPSA) is 58.3 Å². The number of carbonyl (C=O) groups excluding carboxylic acids is 2. The van der Waals surface area contributed by atoms with Crippen LogP contribution in [0.25, 0.3) is 0 Å². The summed E-state index contributed by atoms with van der Waals surface area (Å²) in [6.07, 6.45) is 0. The molecule has 6 nitrogen and oxygen atoms in total. The molecule has 0 spiro atoms. The molecule has 0 saturated carbocycles. The van der Waals surface area contributed by atoms with Crippen LogP contribution in [0.15, 0.2) is 54.6 Å². The number of halogens is 1. The Balaban J connectivity index is 1.50. The average Bonchev–Trinajstić information content (AvgIpc) is 2.76. The number of anilines is 2. The molecular formula is C23H31ClN4O2+2. The van der Waals surface area contributed by atoms with E-state index in [1.165, 1.54) is 9.80 Å². The van der Waals surface area contributed by atoms with E-state index in [9.17, 15) is 9.59 Å². The number of likely N-dealkylation sites (N-methyl/N-ethyl adjacent to an activating group) is 1. The normalized spacial score (nSPS) is 19.7. The van der Waals surface area contributed by atoms with Crippen molar-refractivity contribution >= 4 is 34.8 Å². The molecule has 7 heteroatoms. The summed E-state index contributed by atoms with van der Waals surface area (Å²) in [4.78, 5) is 29.8. The standard InChI is InChI=1S/C23H29ClN4O2/c1-3-28(19-9-5-4-6-10-19)23(30)18(2)27-15-13-26(14-16-27)17-22(29)25-21-12-8-7-11-20(21)24/h4-12,18H,3,13-17H2,1-2H3,(H,25,29)/p+2/t18-/m0/s1. The van der Waals surface area contributed by atoms with Crippen molar-refractivity contribution in [3.05, 3.63) is 59.6 Å². The third kappa shape index (κ3) is 5.59. The lowest BCUT2D eigenvalue weighted by Gasteiger charge is -2.34. The number of rotatable bonds is 7. The summed E-state index contributed by atoms with van der Waals surface area (Å²) >= 11 is 6.12. The van der Waals surface area contributed by atoms with Gasteiger partial charge in [-0.2, -0.15) is 0 Å². The van der Waals surface area contributed by atoms with Gasteiger partial charge < -0.3 is 20.0 Å². The fraction of sp³-hybridized carbons (Fsp3) is 0.391. The van der Waals surface area contributed by atoms with Gasteiger partial charge in [0.1, 0.15) is 26.2 Å². The number of nitrogens with zero attached hydrogens (tertiary/aromatic N) is 1. The number of carbonyl (C=O) groups is 2. The van der Waals surface area contributed by atoms with Gasteiger partial charge in [0, 0.05) is 12.2 Å². The first-order valence-corrected chi connectivity index (χ1v) is 11.0. The van der Waals surface area contributed by atoms with Crippen LogP contribution in [0.5, 0.6) is 0 Å². The molecule has 1 aliphatic rings. The van der Waals surface area contributed by atoms with E-state index in [4.69, 9.17) is 11.6 Å². The molecule has 2 aromatic rings. The highest BCUT2D eigenvalue weighted by Crippen LogP contribution is 2.19. The Morgan fingerprint density at radius 1 is 1.03 bits per heavy atom. The van der Waals surface area contributed by atoms with E-state index in [0.717, 1.165) is 31.9 Å². The first-order chi connectivity index (χ1) is 14.5. The maximum absolute atomic E-state index is 13.1. The van der Waals surface area contributed by atoms with Crippen molar-refractivity contribution in [2.45, 2.75) is 19.9 Å². The number of amides is 2. The van der Waals surface area contributed by atoms with E-state index in [0.29, 0.717) is 23.8 Å². The van der Waals surface area contributed by atoms with Crippen LogP contribution in [0.3, 0.4) is 0 Å². The summed E-state index contributed by atoms with van der Waals surface area (Å²) in [6, 6.07) is 17.0. The first kappa shape index (κ1) is 22.3. The molecule has 3 rings (SSSR count). The van der Waals surface area contributed by atoms with Crippen LogP contribution < -0.4 is 20.0 Å². The molecule has 1 atom stereocenters. The van der Waals surface area contributed by atoms with E-state index in [2.05, 4.69) is 5.32 Å². The van der Waals surface area contributed by atoms with Crippen molar-refractivity contribution in [1.82, 2.24) is 0 Å². The Morgan fingerprint density at radius 2 is 1.67 bits per heavy atom. The molecule has 2 aromatic carbocycles. The molecule has 30 heavy (non-hydrogen) atoms. The molecule has 2 amide bonds. The highest BCUT2D eigenvalue weighted by molar-refractivity contribution is 6.33. The third-order valence-corrected chi connectivity index (χ3v) is 6.12. The minimum Gasteiger partial charge on any atom is -0.320 e. The van der Waals surface area contributed by atoms with Crippen LogP contribution in [0.1, 0.15) is 13.8 Å². The number of hydrogen-bond acceptors (Lipinski definition) is 2. The Labute approximate surface area is 183 Å². The number of nitrogens with one attached hydrogen (secondary N) is 3. The summed E-state index contributed by atoms with van der Waals surface area (Å²) in [5, 5.41) is 3.43. The second-order valence-corrected chi connectivity index (χ2v) is 8.16. The number of piperazine rings is 1. The van der Waals surface area contributed by atoms with Crippen molar-refractivity contribution in [2.75, 3.05) is 49.5 Å². The summed E-state index contributed by atoms with van der Waals surface area (Å²) in [5.74, 6) is 0.116. The highest BCUT2D eigenvalue weighted by atomic mass is 35.5. The predicted molar refractivity (Wildman–Crippen MR) is 120 cm³/mol. The van der Waals surface area contributed by atoms with Crippen LogP contribution in [0.2, 0.25) is 5.02 Å². The van der Waals surface area contributed by atoms with Crippen molar-refractivity contribution < 1.29 is 19.4 Å². The van der Waals surface area contributed by atoms with Gasteiger partial charge in [-0.3, -0.25) is 9.59 Å². The van der Waals surface area contributed by atoms with Crippen LogP contribution in [0, 0.1) is 0 Å². The van der Waals surface area contributed by atoms with Crippen molar-refractivity contribution in [3.8, 4) is 0 Å². The number of hydrogen-bond donors (Lipinski definition) is 3. The average molecular weight is 431 g/mol. The third-order valence-electron chi connectivity index (χ3n) is 5.79. The van der Waals surface area contributed by atoms with E-state index in [1.54, 1.807) is 12.1 Å². The van der Waals surface area contributed by atoms with Gasteiger partial charge in [-0.25, -0.2) is 0 Å². The van der Waals surface area contributed by atoms with Crippen molar-refractivity contribution in [2.24, 2.45) is 0 Å². The maximum Gasteiger partial charge on any atom is 0.284 e. The zero-order valence-corrected chi connectivity index (χ0v) is 18.4. The number of para-hydroxylation sites is 2. The van der Waals surface area contributed by atoms with Crippen LogP contribution >= 0.6 is 11.6 Å². The van der Waals surface area contributed by atoms with Crippen molar-refractivity contribution in [1.29, 1.82) is 0 Å². The van der Waals surface area contributed by atoms with E-state index >= 15 is 0 Å². The summed E-state index contributed by atoms with van der Waals surface area (Å²) in [6.45, 7) is 8.54. The molecule has 0 bridgehead atoms. The van der Waals surface area contributed by atoms with E-state index in [-0.39, 0.29) is 17.9 Å². The molecule has 0 radical (unpaired) electrons. The lowest BCUT2D eigenvalue weighted by atomic mass is 10.1. The predicted octanol–water partition coefficient (Wildman–Crippen LogP) is 0.504. The van der Waals surface area contributed by atoms with E-state index < -0.39 is 0 Å². The van der Waals surface area contributed by atoms with Gasteiger partial charge in [-0.05, 0) is 38.1 Å². The lowest BCUT2D eigenvalue weighted by Crippen LogP contribution is -3.30. The summed E-state index contributed by atoms with van der Waals surface area (Å²) in [5.41, 5.74) is 1.59. The van der Waals surface area contributed by atoms with E-state index in [1.807, 2.05) is 61.2 Å². The minimum absolute atomic E-state index is 0.0353. The molecule has 0 unspecified atom stereocenters. The van der Waals surface area contributed by atoms with Crippen LogP contribution in [-0.4, -0.2) is 57.1 Å². The molecular weight excluding hydrogens is 400 g/mol. The van der Waals surface area contributed by atoms with Gasteiger partial charge in [-0.1, -0.05) is 41.9 Å². The lowest BCUT2D eigenvalue weighted by molar-refractivity contribution is -1.01. The number of quaternary nitrogens is 2.